The maximum Gasteiger partial charge on any atom is 0.319 e. The molecule has 0 aromatic heterocycles. The summed E-state index contributed by atoms with van der Waals surface area (Å²) in [5.41, 5.74) is 3.13. The minimum atomic E-state index is -0.434. The topological polar surface area (TPSA) is 61.4 Å². The molecule has 0 spiro atoms. The first-order chi connectivity index (χ1) is 10.1. The molecule has 0 aliphatic heterocycles. The van der Waals surface area contributed by atoms with Gasteiger partial charge in [-0.25, -0.2) is 4.79 Å². The summed E-state index contributed by atoms with van der Waals surface area (Å²) in [5.74, 6) is 0.334. The lowest BCUT2D eigenvalue weighted by Crippen LogP contribution is -2.39. The van der Waals surface area contributed by atoms with Crippen LogP contribution in [0.15, 0.2) is 18.2 Å². The fourth-order valence-corrected chi connectivity index (χ4v) is 2.88. The molecular formula is C17H26N2O2. The Labute approximate surface area is 126 Å². The molecule has 1 unspecified atom stereocenters. The number of anilines is 1. The number of urea groups is 1. The number of carbonyl (C=O) groups excluding carboxylic acids is 1. The van der Waals surface area contributed by atoms with Gasteiger partial charge >= 0.3 is 6.03 Å². The number of amides is 2. The first-order valence-electron chi connectivity index (χ1n) is 7.86. The molecule has 4 nitrogen and oxygen atoms in total. The molecule has 0 radical (unpaired) electrons. The first kappa shape index (κ1) is 15.8. The molecule has 1 fully saturated rings. The van der Waals surface area contributed by atoms with Gasteiger partial charge < -0.3 is 15.7 Å². The van der Waals surface area contributed by atoms with Crippen molar-refractivity contribution in [1.29, 1.82) is 0 Å². The Bertz CT molecular complexity index is 482. The molecule has 4 heteroatoms. The third kappa shape index (κ3) is 4.74. The van der Waals surface area contributed by atoms with Crippen molar-refractivity contribution in [2.24, 2.45) is 5.92 Å². The number of aryl methyl sites for hydroxylation is 2. The maximum atomic E-state index is 11.9. The van der Waals surface area contributed by atoms with Crippen LogP contribution in [0.1, 0.15) is 43.2 Å². The highest BCUT2D eigenvalue weighted by Crippen LogP contribution is 2.26. The van der Waals surface area contributed by atoms with E-state index >= 15 is 0 Å². The Kier molecular flexibility index (Phi) is 5.62. The van der Waals surface area contributed by atoms with Gasteiger partial charge in [-0.1, -0.05) is 25.3 Å². The summed E-state index contributed by atoms with van der Waals surface area (Å²) in [7, 11) is 0. The van der Waals surface area contributed by atoms with Crippen molar-refractivity contribution in [3.05, 3.63) is 29.3 Å². The van der Waals surface area contributed by atoms with Gasteiger partial charge in [-0.05, 0) is 55.9 Å². The average molecular weight is 290 g/mol. The largest absolute Gasteiger partial charge is 0.391 e. The Morgan fingerprint density at radius 3 is 2.62 bits per heavy atom. The molecule has 1 aliphatic rings. The fourth-order valence-electron chi connectivity index (χ4n) is 2.88. The van der Waals surface area contributed by atoms with Gasteiger partial charge in [0.2, 0.25) is 0 Å². The third-order valence-electron chi connectivity index (χ3n) is 4.43. The van der Waals surface area contributed by atoms with Crippen LogP contribution in [-0.4, -0.2) is 23.8 Å². The Hall–Kier alpha value is -1.55. The van der Waals surface area contributed by atoms with Crippen molar-refractivity contribution >= 4 is 11.7 Å². The van der Waals surface area contributed by atoms with Crippen LogP contribution in [0.25, 0.3) is 0 Å². The van der Waals surface area contributed by atoms with E-state index in [1.54, 1.807) is 0 Å². The van der Waals surface area contributed by atoms with Gasteiger partial charge in [-0.15, -0.1) is 0 Å². The van der Waals surface area contributed by atoms with Crippen LogP contribution in [0.5, 0.6) is 0 Å². The molecule has 2 rings (SSSR count). The molecule has 0 saturated heterocycles. The second kappa shape index (κ2) is 7.46. The zero-order chi connectivity index (χ0) is 15.2. The maximum absolute atomic E-state index is 11.9. The summed E-state index contributed by atoms with van der Waals surface area (Å²) in [5, 5.41) is 15.7. The molecule has 3 N–H and O–H groups in total. The average Bonchev–Trinajstić information content (AvgIpc) is 2.49. The number of rotatable bonds is 4. The summed E-state index contributed by atoms with van der Waals surface area (Å²) in [6.45, 7) is 4.38. The highest BCUT2D eigenvalue weighted by Gasteiger charge is 2.21. The standard InChI is InChI=1S/C17H26N2O2/c1-12-8-9-15(10-13(12)2)19-17(21)18-11-16(20)14-6-4-3-5-7-14/h8-10,14,16,20H,3-7,11H2,1-2H3,(H2,18,19,21). The minimum absolute atomic E-state index is 0.256. The Balaban J connectivity index is 1.77. The quantitative estimate of drug-likeness (QED) is 0.796. The van der Waals surface area contributed by atoms with Crippen molar-refractivity contribution in [3.8, 4) is 0 Å². The molecule has 1 aromatic carbocycles. The summed E-state index contributed by atoms with van der Waals surface area (Å²) >= 11 is 0. The van der Waals surface area contributed by atoms with Gasteiger partial charge in [-0.3, -0.25) is 0 Å². The third-order valence-corrected chi connectivity index (χ3v) is 4.43. The molecule has 116 valence electrons. The number of hydrogen-bond acceptors (Lipinski definition) is 2. The Morgan fingerprint density at radius 1 is 1.24 bits per heavy atom. The molecule has 0 heterocycles. The molecular weight excluding hydrogens is 264 g/mol. The highest BCUT2D eigenvalue weighted by molar-refractivity contribution is 5.89. The number of hydrogen-bond donors (Lipinski definition) is 3. The van der Waals surface area contributed by atoms with Crippen LogP contribution in [-0.2, 0) is 0 Å². The Morgan fingerprint density at radius 2 is 1.95 bits per heavy atom. The van der Waals surface area contributed by atoms with Gasteiger partial charge in [0.15, 0.2) is 0 Å². The lowest BCUT2D eigenvalue weighted by atomic mass is 9.85. The SMILES string of the molecule is Cc1ccc(NC(=O)NCC(O)C2CCCCC2)cc1C. The van der Waals surface area contributed by atoms with Gasteiger partial charge in [-0.2, -0.15) is 0 Å². The van der Waals surface area contributed by atoms with Crippen LogP contribution in [0.3, 0.4) is 0 Å². The molecule has 1 aromatic rings. The number of nitrogens with one attached hydrogen (secondary N) is 2. The van der Waals surface area contributed by atoms with E-state index in [0.29, 0.717) is 12.5 Å². The van der Waals surface area contributed by atoms with E-state index in [0.717, 1.165) is 24.1 Å². The van der Waals surface area contributed by atoms with E-state index in [4.69, 9.17) is 0 Å². The second-order valence-electron chi connectivity index (χ2n) is 6.10. The molecule has 2 amide bonds. The highest BCUT2D eigenvalue weighted by atomic mass is 16.3. The normalized spacial score (nSPS) is 17.3. The predicted molar refractivity (Wildman–Crippen MR) is 85.5 cm³/mol. The van der Waals surface area contributed by atoms with E-state index in [1.165, 1.54) is 24.8 Å². The molecule has 1 atom stereocenters. The summed E-state index contributed by atoms with van der Waals surface area (Å²) < 4.78 is 0. The smallest absolute Gasteiger partial charge is 0.319 e. The van der Waals surface area contributed by atoms with Crippen molar-refractivity contribution in [2.75, 3.05) is 11.9 Å². The van der Waals surface area contributed by atoms with Crippen LogP contribution in [0.2, 0.25) is 0 Å². The molecule has 0 bridgehead atoms. The van der Waals surface area contributed by atoms with Crippen molar-refractivity contribution in [2.45, 2.75) is 52.1 Å². The lowest BCUT2D eigenvalue weighted by molar-refractivity contribution is 0.0863. The van der Waals surface area contributed by atoms with E-state index in [1.807, 2.05) is 32.0 Å². The van der Waals surface area contributed by atoms with E-state index < -0.39 is 6.10 Å². The van der Waals surface area contributed by atoms with Crippen LogP contribution in [0, 0.1) is 19.8 Å². The van der Waals surface area contributed by atoms with Crippen molar-refractivity contribution in [1.82, 2.24) is 5.32 Å². The van der Waals surface area contributed by atoms with Gasteiger partial charge in [0.05, 0.1) is 6.10 Å². The summed E-state index contributed by atoms with van der Waals surface area (Å²) in [4.78, 5) is 11.9. The zero-order valence-corrected chi connectivity index (χ0v) is 13.0. The number of aliphatic hydroxyl groups excluding tert-OH is 1. The van der Waals surface area contributed by atoms with Crippen LogP contribution >= 0.6 is 0 Å². The van der Waals surface area contributed by atoms with Crippen molar-refractivity contribution in [3.63, 3.8) is 0 Å². The number of carbonyl (C=O) groups is 1. The molecule has 1 aliphatic carbocycles. The zero-order valence-electron chi connectivity index (χ0n) is 13.0. The van der Waals surface area contributed by atoms with Gasteiger partial charge in [0.1, 0.15) is 0 Å². The predicted octanol–water partition coefficient (Wildman–Crippen LogP) is 3.37. The van der Waals surface area contributed by atoms with Crippen LogP contribution in [0.4, 0.5) is 10.5 Å². The molecule has 21 heavy (non-hydrogen) atoms. The van der Waals surface area contributed by atoms with E-state index in [9.17, 15) is 9.90 Å². The van der Waals surface area contributed by atoms with Gasteiger partial charge in [0, 0.05) is 12.2 Å². The van der Waals surface area contributed by atoms with E-state index in [2.05, 4.69) is 10.6 Å². The summed E-state index contributed by atoms with van der Waals surface area (Å²) in [6, 6.07) is 5.57. The number of benzene rings is 1. The monoisotopic (exact) mass is 290 g/mol. The van der Waals surface area contributed by atoms with Crippen LogP contribution < -0.4 is 10.6 Å². The van der Waals surface area contributed by atoms with E-state index in [-0.39, 0.29) is 6.03 Å². The minimum Gasteiger partial charge on any atom is -0.391 e. The second-order valence-corrected chi connectivity index (χ2v) is 6.10. The first-order valence-corrected chi connectivity index (χ1v) is 7.86. The summed E-state index contributed by atoms with van der Waals surface area (Å²) in [6.07, 6.45) is 5.36. The number of aliphatic hydroxyl groups is 1. The van der Waals surface area contributed by atoms with Crippen molar-refractivity contribution < 1.29 is 9.90 Å². The molecule has 1 saturated carbocycles. The lowest BCUT2D eigenvalue weighted by Gasteiger charge is -2.26. The fraction of sp³-hybridized carbons (Fsp3) is 0.588. The van der Waals surface area contributed by atoms with Gasteiger partial charge in [0.25, 0.3) is 0 Å².